The quantitative estimate of drug-likeness (QED) is 0.399. The monoisotopic (exact) mass is 358 g/mol. The Morgan fingerprint density at radius 3 is 2.58 bits per heavy atom. The summed E-state index contributed by atoms with van der Waals surface area (Å²) in [6.07, 6.45) is 0.653. The SMILES string of the molecule is CCNC(=NCc1ccccc1F)NCCCN(C)S(=O)(=O)CC. The summed E-state index contributed by atoms with van der Waals surface area (Å²) < 4.78 is 38.3. The van der Waals surface area contributed by atoms with Crippen molar-refractivity contribution in [2.24, 2.45) is 4.99 Å². The van der Waals surface area contributed by atoms with E-state index in [0.717, 1.165) is 0 Å². The summed E-state index contributed by atoms with van der Waals surface area (Å²) in [5, 5.41) is 6.22. The molecular weight excluding hydrogens is 331 g/mol. The molecule has 8 heteroatoms. The smallest absolute Gasteiger partial charge is 0.213 e. The lowest BCUT2D eigenvalue weighted by molar-refractivity contribution is 0.461. The molecule has 2 N–H and O–H groups in total. The Morgan fingerprint density at radius 1 is 1.25 bits per heavy atom. The van der Waals surface area contributed by atoms with Crippen molar-refractivity contribution in [3.8, 4) is 0 Å². The lowest BCUT2D eigenvalue weighted by Gasteiger charge is -2.16. The maximum Gasteiger partial charge on any atom is 0.213 e. The summed E-state index contributed by atoms with van der Waals surface area (Å²) in [5.41, 5.74) is 0.531. The van der Waals surface area contributed by atoms with Gasteiger partial charge in [0.15, 0.2) is 5.96 Å². The number of sulfonamides is 1. The molecule has 0 heterocycles. The average Bonchev–Trinajstić information content (AvgIpc) is 2.57. The molecule has 0 aliphatic rings. The van der Waals surface area contributed by atoms with E-state index >= 15 is 0 Å². The lowest BCUT2D eigenvalue weighted by atomic mass is 10.2. The Morgan fingerprint density at radius 2 is 1.96 bits per heavy atom. The number of hydrogen-bond donors (Lipinski definition) is 2. The van der Waals surface area contributed by atoms with Crippen LogP contribution in [-0.2, 0) is 16.6 Å². The summed E-state index contributed by atoms with van der Waals surface area (Å²) in [6, 6.07) is 6.54. The van der Waals surface area contributed by atoms with E-state index in [1.807, 2.05) is 6.92 Å². The standard InChI is InChI=1S/C16H27FN4O2S/c1-4-18-16(20-13-14-9-6-7-10-15(14)17)19-11-8-12-21(3)24(22,23)5-2/h6-7,9-10H,4-5,8,11-13H2,1-3H3,(H2,18,19,20). The molecule has 0 aromatic heterocycles. The Labute approximate surface area is 144 Å². The Kier molecular flexibility index (Phi) is 8.70. The van der Waals surface area contributed by atoms with Gasteiger partial charge in [-0.25, -0.2) is 22.1 Å². The third-order valence-corrected chi connectivity index (χ3v) is 5.35. The second kappa shape index (κ2) is 10.2. The molecule has 0 aliphatic carbocycles. The normalized spacial score (nSPS) is 12.5. The van der Waals surface area contributed by atoms with Crippen molar-refractivity contribution >= 4 is 16.0 Å². The van der Waals surface area contributed by atoms with E-state index in [4.69, 9.17) is 0 Å². The largest absolute Gasteiger partial charge is 0.357 e. The fourth-order valence-corrected chi connectivity index (χ4v) is 2.85. The minimum Gasteiger partial charge on any atom is -0.357 e. The van der Waals surface area contributed by atoms with Crippen LogP contribution in [0.5, 0.6) is 0 Å². The molecule has 1 rings (SSSR count). The molecule has 0 atom stereocenters. The van der Waals surface area contributed by atoms with Crippen molar-refractivity contribution in [1.82, 2.24) is 14.9 Å². The average molecular weight is 358 g/mol. The van der Waals surface area contributed by atoms with Crippen LogP contribution in [0.15, 0.2) is 29.3 Å². The third-order valence-electron chi connectivity index (χ3n) is 3.49. The number of rotatable bonds is 9. The maximum atomic E-state index is 13.6. The van der Waals surface area contributed by atoms with Crippen molar-refractivity contribution < 1.29 is 12.8 Å². The van der Waals surface area contributed by atoms with Gasteiger partial charge in [-0.3, -0.25) is 0 Å². The van der Waals surface area contributed by atoms with E-state index < -0.39 is 10.0 Å². The molecule has 1 aromatic rings. The first-order valence-electron chi connectivity index (χ1n) is 8.10. The van der Waals surface area contributed by atoms with Crippen molar-refractivity contribution in [2.75, 3.05) is 32.4 Å². The molecule has 0 amide bonds. The second-order valence-electron chi connectivity index (χ2n) is 5.29. The van der Waals surface area contributed by atoms with Gasteiger partial charge in [-0.2, -0.15) is 0 Å². The molecule has 0 aliphatic heterocycles. The van der Waals surface area contributed by atoms with Crippen molar-refractivity contribution in [2.45, 2.75) is 26.8 Å². The van der Waals surface area contributed by atoms with Gasteiger partial charge >= 0.3 is 0 Å². The molecule has 0 unspecified atom stereocenters. The summed E-state index contributed by atoms with van der Waals surface area (Å²) in [4.78, 5) is 4.35. The molecule has 0 spiro atoms. The molecule has 6 nitrogen and oxygen atoms in total. The highest BCUT2D eigenvalue weighted by atomic mass is 32.2. The zero-order valence-electron chi connectivity index (χ0n) is 14.5. The number of aliphatic imine (C=N–C) groups is 1. The van der Waals surface area contributed by atoms with Gasteiger partial charge < -0.3 is 10.6 Å². The number of halogens is 1. The molecule has 0 bridgehead atoms. The van der Waals surface area contributed by atoms with E-state index in [1.165, 1.54) is 10.4 Å². The van der Waals surface area contributed by atoms with E-state index in [2.05, 4.69) is 15.6 Å². The summed E-state index contributed by atoms with van der Waals surface area (Å²) >= 11 is 0. The van der Waals surface area contributed by atoms with Crippen LogP contribution < -0.4 is 10.6 Å². The van der Waals surface area contributed by atoms with Crippen LogP contribution in [0.1, 0.15) is 25.8 Å². The van der Waals surface area contributed by atoms with Crippen molar-refractivity contribution in [3.63, 3.8) is 0 Å². The third kappa shape index (κ3) is 6.84. The molecule has 0 fully saturated rings. The Balaban J connectivity index is 2.49. The van der Waals surface area contributed by atoms with Gasteiger partial charge in [0.25, 0.3) is 0 Å². The number of nitrogens with zero attached hydrogens (tertiary/aromatic N) is 2. The van der Waals surface area contributed by atoms with Crippen molar-refractivity contribution in [1.29, 1.82) is 0 Å². The van der Waals surface area contributed by atoms with E-state index in [0.29, 0.717) is 37.6 Å². The number of hydrogen-bond acceptors (Lipinski definition) is 3. The summed E-state index contributed by atoms with van der Waals surface area (Å²) in [7, 11) is -1.56. The van der Waals surface area contributed by atoms with Gasteiger partial charge in [-0.05, 0) is 26.3 Å². The predicted molar refractivity (Wildman–Crippen MR) is 95.9 cm³/mol. The van der Waals surface area contributed by atoms with Gasteiger partial charge in [0.05, 0.1) is 12.3 Å². The predicted octanol–water partition coefficient (Wildman–Crippen LogP) is 1.55. The van der Waals surface area contributed by atoms with Crippen LogP contribution in [-0.4, -0.2) is 51.1 Å². The lowest BCUT2D eigenvalue weighted by Crippen LogP contribution is -2.39. The molecular formula is C16H27FN4O2S. The number of guanidine groups is 1. The second-order valence-corrected chi connectivity index (χ2v) is 7.65. The van der Waals surface area contributed by atoms with Gasteiger partial charge in [-0.15, -0.1) is 0 Å². The topological polar surface area (TPSA) is 73.8 Å². The first-order chi connectivity index (χ1) is 11.4. The molecule has 0 saturated carbocycles. The van der Waals surface area contributed by atoms with Crippen LogP contribution in [0, 0.1) is 5.82 Å². The van der Waals surface area contributed by atoms with Crippen LogP contribution >= 0.6 is 0 Å². The molecule has 0 saturated heterocycles. The van der Waals surface area contributed by atoms with Gasteiger partial charge in [0.1, 0.15) is 5.82 Å². The van der Waals surface area contributed by atoms with Gasteiger partial charge in [0, 0.05) is 32.2 Å². The summed E-state index contributed by atoms with van der Waals surface area (Å²) in [6.45, 7) is 5.52. The fourth-order valence-electron chi connectivity index (χ4n) is 2.00. The minimum atomic E-state index is -3.14. The van der Waals surface area contributed by atoms with Crippen LogP contribution in [0.25, 0.3) is 0 Å². The Bertz CT molecular complexity index is 635. The summed E-state index contributed by atoms with van der Waals surface area (Å²) in [5.74, 6) is 0.411. The highest BCUT2D eigenvalue weighted by molar-refractivity contribution is 7.89. The zero-order chi connectivity index (χ0) is 18.0. The zero-order valence-corrected chi connectivity index (χ0v) is 15.4. The first kappa shape index (κ1) is 20.4. The number of benzene rings is 1. The van der Waals surface area contributed by atoms with Crippen LogP contribution in [0.4, 0.5) is 4.39 Å². The highest BCUT2D eigenvalue weighted by Gasteiger charge is 2.13. The highest BCUT2D eigenvalue weighted by Crippen LogP contribution is 2.07. The maximum absolute atomic E-state index is 13.6. The Hall–Kier alpha value is -1.67. The minimum absolute atomic E-state index is 0.101. The molecule has 1 aromatic carbocycles. The van der Waals surface area contributed by atoms with E-state index in [-0.39, 0.29) is 18.1 Å². The van der Waals surface area contributed by atoms with Crippen LogP contribution in [0.3, 0.4) is 0 Å². The first-order valence-corrected chi connectivity index (χ1v) is 9.71. The van der Waals surface area contributed by atoms with Gasteiger partial charge in [-0.1, -0.05) is 18.2 Å². The number of nitrogens with one attached hydrogen (secondary N) is 2. The van der Waals surface area contributed by atoms with Crippen LogP contribution in [0.2, 0.25) is 0 Å². The molecule has 24 heavy (non-hydrogen) atoms. The molecule has 0 radical (unpaired) electrons. The molecule has 136 valence electrons. The van der Waals surface area contributed by atoms with E-state index in [1.54, 1.807) is 32.2 Å². The van der Waals surface area contributed by atoms with Gasteiger partial charge in [0.2, 0.25) is 10.0 Å². The fraction of sp³-hybridized carbons (Fsp3) is 0.562. The van der Waals surface area contributed by atoms with Crippen molar-refractivity contribution in [3.05, 3.63) is 35.6 Å². The van der Waals surface area contributed by atoms with E-state index in [9.17, 15) is 12.8 Å².